The summed E-state index contributed by atoms with van der Waals surface area (Å²) in [6.45, 7) is 3.19. The first-order chi connectivity index (χ1) is 11.7. The molecule has 0 saturated carbocycles. The highest BCUT2D eigenvalue weighted by Gasteiger charge is 2.30. The Kier molecular flexibility index (Phi) is 5.42. The molecule has 2 rings (SSSR count). The predicted octanol–water partition coefficient (Wildman–Crippen LogP) is 3.72. The molecule has 0 aliphatic rings. The highest BCUT2D eigenvalue weighted by molar-refractivity contribution is 7.82. The number of aryl methyl sites for hydroxylation is 1. The minimum Gasteiger partial charge on any atom is -0.274 e. The number of halogens is 3. The van der Waals surface area contributed by atoms with Gasteiger partial charge in [0.05, 0.1) is 17.8 Å². The van der Waals surface area contributed by atoms with Crippen molar-refractivity contribution in [3.8, 4) is 6.07 Å². The summed E-state index contributed by atoms with van der Waals surface area (Å²) in [7, 11) is 0. The maximum Gasteiger partial charge on any atom is 0.416 e. The average molecular weight is 368 g/mol. The maximum atomic E-state index is 12.9. The molecule has 0 aliphatic heterocycles. The average Bonchev–Trinajstić information content (AvgIpc) is 2.87. The van der Waals surface area contributed by atoms with Crippen molar-refractivity contribution in [2.45, 2.75) is 33.0 Å². The largest absolute Gasteiger partial charge is 0.416 e. The van der Waals surface area contributed by atoms with Gasteiger partial charge in [0.1, 0.15) is 11.6 Å². The molecule has 1 aromatic carbocycles. The van der Waals surface area contributed by atoms with Crippen molar-refractivity contribution in [3.05, 3.63) is 46.6 Å². The van der Waals surface area contributed by atoms with E-state index in [1.54, 1.807) is 13.8 Å². The van der Waals surface area contributed by atoms with E-state index in [0.29, 0.717) is 11.3 Å². The monoisotopic (exact) mass is 368 g/mol. The van der Waals surface area contributed by atoms with Crippen LogP contribution in [0.5, 0.6) is 0 Å². The van der Waals surface area contributed by atoms with E-state index in [1.165, 1.54) is 16.8 Å². The van der Waals surface area contributed by atoms with Gasteiger partial charge >= 0.3 is 6.18 Å². The number of aromatic nitrogens is 2. The van der Waals surface area contributed by atoms with Crippen molar-refractivity contribution in [2.24, 2.45) is 0 Å². The third-order valence-electron chi connectivity index (χ3n) is 3.54. The second-order valence-corrected chi connectivity index (χ2v) is 5.71. The number of carbonyl (C=O) groups excluding carboxylic acids is 1. The van der Waals surface area contributed by atoms with E-state index in [2.05, 4.69) is 17.9 Å². The molecule has 132 valence electrons. The van der Waals surface area contributed by atoms with Crippen LogP contribution in [0.25, 0.3) is 0 Å². The van der Waals surface area contributed by atoms with Crippen molar-refractivity contribution in [1.29, 1.82) is 5.26 Å². The minimum atomic E-state index is -4.45. The van der Waals surface area contributed by atoms with E-state index < -0.39 is 11.7 Å². The number of carbonyl (C=O) groups is 1. The van der Waals surface area contributed by atoms with Crippen LogP contribution < -0.4 is 4.31 Å². The Balaban J connectivity index is 2.47. The Morgan fingerprint density at radius 2 is 2.12 bits per heavy atom. The lowest BCUT2D eigenvalue weighted by Crippen LogP contribution is -2.23. The molecule has 0 spiro atoms. The lowest BCUT2D eigenvalue weighted by molar-refractivity contribution is -0.137. The van der Waals surface area contributed by atoms with E-state index in [-0.39, 0.29) is 30.3 Å². The lowest BCUT2D eigenvalue weighted by atomic mass is 10.1. The third-order valence-corrected chi connectivity index (χ3v) is 3.95. The van der Waals surface area contributed by atoms with E-state index >= 15 is 0 Å². The first kappa shape index (κ1) is 18.9. The summed E-state index contributed by atoms with van der Waals surface area (Å²) in [6, 6.07) is 6.77. The van der Waals surface area contributed by atoms with E-state index in [9.17, 15) is 23.2 Å². The van der Waals surface area contributed by atoms with E-state index in [0.717, 1.165) is 16.4 Å². The van der Waals surface area contributed by atoms with Crippen molar-refractivity contribution in [2.75, 3.05) is 4.31 Å². The van der Waals surface area contributed by atoms with Crippen LogP contribution in [-0.4, -0.2) is 15.7 Å². The molecule has 0 aliphatic carbocycles. The van der Waals surface area contributed by atoms with Gasteiger partial charge in [-0.2, -0.15) is 23.5 Å². The number of thiol groups is 1. The van der Waals surface area contributed by atoms with Crippen molar-refractivity contribution < 1.29 is 18.0 Å². The Labute approximate surface area is 148 Å². The van der Waals surface area contributed by atoms with Gasteiger partial charge in [0.25, 0.3) is 0 Å². The highest BCUT2D eigenvalue weighted by Crippen LogP contribution is 2.31. The normalized spacial score (nSPS) is 11.2. The van der Waals surface area contributed by atoms with Crippen LogP contribution in [0.2, 0.25) is 0 Å². The van der Waals surface area contributed by atoms with Gasteiger partial charge in [0.15, 0.2) is 5.82 Å². The fraction of sp³-hybridized carbons (Fsp3) is 0.312. The molecule has 9 heteroatoms. The van der Waals surface area contributed by atoms with Crippen LogP contribution in [0.4, 0.5) is 19.0 Å². The number of hydrogen-bond donors (Lipinski definition) is 1. The Bertz CT molecular complexity index is 839. The lowest BCUT2D eigenvalue weighted by Gasteiger charge is -2.17. The van der Waals surface area contributed by atoms with Gasteiger partial charge in [-0.15, -0.1) is 0 Å². The van der Waals surface area contributed by atoms with E-state index in [4.69, 9.17) is 0 Å². The number of hydrogen-bond acceptors (Lipinski definition) is 4. The smallest absolute Gasteiger partial charge is 0.274 e. The summed E-state index contributed by atoms with van der Waals surface area (Å²) in [5.74, 6) is -0.211. The highest BCUT2D eigenvalue weighted by atomic mass is 32.1. The topological polar surface area (TPSA) is 61.9 Å². The van der Waals surface area contributed by atoms with Gasteiger partial charge < -0.3 is 0 Å². The maximum absolute atomic E-state index is 12.9. The zero-order valence-corrected chi connectivity index (χ0v) is 14.4. The molecule has 1 heterocycles. The molecular formula is C16H15F3N4OS. The Morgan fingerprint density at radius 3 is 2.68 bits per heavy atom. The van der Waals surface area contributed by atoms with Crippen LogP contribution in [0.3, 0.4) is 0 Å². The van der Waals surface area contributed by atoms with Crippen LogP contribution in [0.1, 0.15) is 35.7 Å². The standard InChI is InChI=1S/C16H15F3N4OS/c1-3-14(24)23(25)15-13(8-20)10(2)21-22(15)9-11-5-4-6-12(7-11)16(17,18)19/h4-7,25H,3,9H2,1-2H3. The number of benzene rings is 1. The van der Waals surface area contributed by atoms with Crippen LogP contribution in [0.15, 0.2) is 24.3 Å². The molecule has 1 amide bonds. The van der Waals surface area contributed by atoms with Crippen LogP contribution in [0, 0.1) is 18.3 Å². The van der Waals surface area contributed by atoms with Gasteiger partial charge in [-0.05, 0) is 24.6 Å². The summed E-state index contributed by atoms with van der Waals surface area (Å²) in [4.78, 5) is 11.9. The molecule has 0 atom stereocenters. The number of anilines is 1. The summed E-state index contributed by atoms with van der Waals surface area (Å²) in [5, 5.41) is 13.5. The molecule has 0 radical (unpaired) electrons. The zero-order chi connectivity index (χ0) is 18.8. The molecular weight excluding hydrogens is 353 g/mol. The summed E-state index contributed by atoms with van der Waals surface area (Å²) >= 11 is 4.13. The number of nitriles is 1. The van der Waals surface area contributed by atoms with Crippen molar-refractivity contribution >= 4 is 24.5 Å². The number of rotatable bonds is 4. The van der Waals surface area contributed by atoms with Gasteiger partial charge in [0, 0.05) is 6.42 Å². The summed E-state index contributed by atoms with van der Waals surface area (Å²) in [6.07, 6.45) is -4.30. The molecule has 5 nitrogen and oxygen atoms in total. The van der Waals surface area contributed by atoms with Crippen LogP contribution >= 0.6 is 12.8 Å². The minimum absolute atomic E-state index is 0.0319. The van der Waals surface area contributed by atoms with Crippen LogP contribution in [-0.2, 0) is 17.5 Å². The van der Waals surface area contributed by atoms with E-state index in [1.807, 2.05) is 6.07 Å². The number of nitrogens with zero attached hydrogens (tertiary/aromatic N) is 4. The summed E-state index contributed by atoms with van der Waals surface area (Å²) < 4.78 is 40.9. The molecule has 0 N–H and O–H groups in total. The van der Waals surface area contributed by atoms with Gasteiger partial charge in [-0.1, -0.05) is 31.9 Å². The fourth-order valence-corrected chi connectivity index (χ4v) is 2.66. The van der Waals surface area contributed by atoms with Crippen molar-refractivity contribution in [1.82, 2.24) is 9.78 Å². The first-order valence-electron chi connectivity index (χ1n) is 7.34. The second kappa shape index (κ2) is 7.19. The molecule has 25 heavy (non-hydrogen) atoms. The van der Waals surface area contributed by atoms with Crippen molar-refractivity contribution in [3.63, 3.8) is 0 Å². The number of alkyl halides is 3. The third kappa shape index (κ3) is 3.96. The number of amides is 1. The molecule has 0 saturated heterocycles. The Morgan fingerprint density at radius 1 is 1.44 bits per heavy atom. The molecule has 0 unspecified atom stereocenters. The second-order valence-electron chi connectivity index (χ2n) is 5.31. The zero-order valence-electron chi connectivity index (χ0n) is 13.5. The SMILES string of the molecule is CCC(=O)N(S)c1c(C#N)c(C)nn1Cc1cccc(C(F)(F)F)c1. The predicted molar refractivity (Wildman–Crippen MR) is 89.0 cm³/mol. The molecule has 0 fully saturated rings. The molecule has 1 aromatic heterocycles. The van der Waals surface area contributed by atoms with Gasteiger partial charge in [0.2, 0.25) is 5.91 Å². The van der Waals surface area contributed by atoms with Gasteiger partial charge in [-0.3, -0.25) is 4.79 Å². The summed E-state index contributed by atoms with van der Waals surface area (Å²) in [5.41, 5.74) is 0.0910. The Hall–Kier alpha value is -2.47. The molecule has 2 aromatic rings. The molecule has 0 bridgehead atoms. The van der Waals surface area contributed by atoms with Gasteiger partial charge in [-0.25, -0.2) is 8.99 Å². The quantitative estimate of drug-likeness (QED) is 0.837. The first-order valence-corrected chi connectivity index (χ1v) is 7.74. The fourth-order valence-electron chi connectivity index (χ4n) is 2.31.